The van der Waals surface area contributed by atoms with E-state index in [1.165, 1.54) is 18.8 Å². The highest BCUT2D eigenvalue weighted by Gasteiger charge is 2.18. The summed E-state index contributed by atoms with van der Waals surface area (Å²) >= 11 is 0. The van der Waals surface area contributed by atoms with Gasteiger partial charge in [-0.3, -0.25) is 0 Å². The van der Waals surface area contributed by atoms with E-state index in [1.807, 2.05) is 64.1 Å². The monoisotopic (exact) mass is 380 g/mol. The number of rotatable bonds is 4. The van der Waals surface area contributed by atoms with Crippen molar-refractivity contribution >= 4 is 0 Å². The predicted octanol–water partition coefficient (Wildman–Crippen LogP) is 2.25. The Balaban J connectivity index is -0.000000177. The number of benzene rings is 1. The van der Waals surface area contributed by atoms with Gasteiger partial charge in [-0.05, 0) is 70.7 Å². The average Bonchev–Trinajstić information content (AvgIpc) is 2.55. The molecule has 1 atom stereocenters. The van der Waals surface area contributed by atoms with Gasteiger partial charge in [-0.2, -0.15) is 0 Å². The highest BCUT2D eigenvalue weighted by molar-refractivity contribution is 5.40. The molecule has 0 amide bonds. The second-order valence-corrected chi connectivity index (χ2v) is 6.00. The van der Waals surface area contributed by atoms with Gasteiger partial charge in [0.25, 0.3) is 0 Å². The Hall–Kier alpha value is -2.38. The summed E-state index contributed by atoms with van der Waals surface area (Å²) in [5.74, 6) is 0. The van der Waals surface area contributed by atoms with Crippen LogP contribution in [0.1, 0.15) is 38.9 Å². The topological polar surface area (TPSA) is 156 Å². The first-order chi connectivity index (χ1) is 12.0. The van der Waals surface area contributed by atoms with Crippen molar-refractivity contribution in [1.82, 2.24) is 0 Å². The molecule has 1 unspecified atom stereocenters. The Morgan fingerprint density at radius 1 is 1.26 bits per heavy atom. The minimum absolute atomic E-state index is 0. The molecule has 0 aliphatic carbocycles. The lowest BCUT2D eigenvalue weighted by Gasteiger charge is -2.20. The van der Waals surface area contributed by atoms with E-state index in [0.717, 1.165) is 22.3 Å². The first-order valence-corrected chi connectivity index (χ1v) is 8.37. The van der Waals surface area contributed by atoms with Gasteiger partial charge in [-0.15, -0.1) is 0 Å². The van der Waals surface area contributed by atoms with Crippen molar-refractivity contribution in [3.05, 3.63) is 82.7 Å². The molecule has 156 valence electrons. The first-order valence-electron chi connectivity index (χ1n) is 8.37. The van der Waals surface area contributed by atoms with Gasteiger partial charge in [0.15, 0.2) is 0 Å². The molecule has 6 heteroatoms. The number of allylic oxidation sites excluding steroid dienone is 4. The highest BCUT2D eigenvalue weighted by Crippen LogP contribution is 2.19. The number of hydrogen-bond acceptors (Lipinski definition) is 5. The van der Waals surface area contributed by atoms with Gasteiger partial charge < -0.3 is 33.5 Å². The van der Waals surface area contributed by atoms with E-state index in [1.54, 1.807) is 6.92 Å². The van der Waals surface area contributed by atoms with E-state index in [2.05, 4.69) is 12.3 Å². The number of aryl methyl sites for hydroxylation is 2. The molecule has 0 aliphatic heterocycles. The third-order valence-electron chi connectivity index (χ3n) is 3.29. The minimum atomic E-state index is -1.22. The zero-order valence-corrected chi connectivity index (χ0v) is 17.5. The van der Waals surface area contributed by atoms with Crippen LogP contribution in [0, 0.1) is 13.8 Å². The third kappa shape index (κ3) is 12.6. The standard InChI is InChI=1S/C10H16N2.C10H15NO.CH5N.H2O.H2/c1-4-5-10(9(3)12)6-8(2)7-11;1-7-4-5-9(8(2)6-7)10(3,11)12;1-2;;/h4-7H,3,11-12H2,1-2H3;4-6,12H,11H2,1-3H3;2H2,1H3;1H2;1H/b5-4-,8-7-,10-6-;;;;. The van der Waals surface area contributed by atoms with Crippen LogP contribution in [0.2, 0.25) is 0 Å². The molecular weight excluding hydrogens is 340 g/mol. The first kappa shape index (κ1) is 29.4. The lowest BCUT2D eigenvalue weighted by molar-refractivity contribution is 0.0640. The van der Waals surface area contributed by atoms with E-state index in [4.69, 9.17) is 17.2 Å². The molecule has 0 spiro atoms. The third-order valence-corrected chi connectivity index (χ3v) is 3.29. The van der Waals surface area contributed by atoms with Crippen molar-refractivity contribution in [3.63, 3.8) is 0 Å². The molecule has 0 radical (unpaired) electrons. The fraction of sp³-hybridized carbons (Fsp3) is 0.333. The molecule has 0 saturated heterocycles. The number of nitrogens with two attached hydrogens (primary N) is 4. The fourth-order valence-corrected chi connectivity index (χ4v) is 2.10. The van der Waals surface area contributed by atoms with Crippen molar-refractivity contribution < 1.29 is 12.0 Å². The van der Waals surface area contributed by atoms with Crippen LogP contribution >= 0.6 is 0 Å². The normalized spacial score (nSPS) is 13.4. The zero-order chi connectivity index (χ0) is 20.9. The zero-order valence-electron chi connectivity index (χ0n) is 17.5. The Labute approximate surface area is 165 Å². The van der Waals surface area contributed by atoms with E-state index in [9.17, 15) is 5.11 Å². The maximum absolute atomic E-state index is 9.54. The SMILES string of the molecule is C=C(N)C(/C=C\C)=C\C(C)=C/N.CN.Cc1ccc(C(C)(N)O)c(C)c1.O.[HH]. The van der Waals surface area contributed by atoms with Crippen molar-refractivity contribution in [1.29, 1.82) is 0 Å². The molecule has 0 bridgehead atoms. The summed E-state index contributed by atoms with van der Waals surface area (Å²) < 4.78 is 0. The van der Waals surface area contributed by atoms with Gasteiger partial charge in [0.05, 0.1) is 0 Å². The summed E-state index contributed by atoms with van der Waals surface area (Å²) in [7, 11) is 1.50. The van der Waals surface area contributed by atoms with Crippen molar-refractivity contribution in [2.45, 2.75) is 40.3 Å². The summed E-state index contributed by atoms with van der Waals surface area (Å²) in [5, 5.41) is 9.54. The van der Waals surface area contributed by atoms with E-state index >= 15 is 0 Å². The maximum atomic E-state index is 9.54. The van der Waals surface area contributed by atoms with Gasteiger partial charge in [0.1, 0.15) is 5.72 Å². The van der Waals surface area contributed by atoms with E-state index < -0.39 is 5.72 Å². The lowest BCUT2D eigenvalue weighted by Crippen LogP contribution is -2.33. The van der Waals surface area contributed by atoms with Gasteiger partial charge in [-0.1, -0.05) is 42.5 Å². The second-order valence-electron chi connectivity index (χ2n) is 6.00. The van der Waals surface area contributed by atoms with Crippen molar-refractivity contribution in [2.75, 3.05) is 7.05 Å². The molecule has 0 aromatic heterocycles. The quantitative estimate of drug-likeness (QED) is 0.400. The molecule has 1 aromatic carbocycles. The Morgan fingerprint density at radius 3 is 2.11 bits per heavy atom. The van der Waals surface area contributed by atoms with Crippen LogP contribution in [0.5, 0.6) is 0 Å². The lowest BCUT2D eigenvalue weighted by atomic mass is 9.98. The largest absolute Gasteiger partial charge is 0.412 e. The molecule has 0 fully saturated rings. The van der Waals surface area contributed by atoms with Crippen molar-refractivity contribution in [3.8, 4) is 0 Å². The molecule has 0 heterocycles. The van der Waals surface area contributed by atoms with Gasteiger partial charge in [0, 0.05) is 12.7 Å². The van der Waals surface area contributed by atoms with Crippen LogP contribution < -0.4 is 22.9 Å². The van der Waals surface area contributed by atoms with Crippen LogP contribution in [-0.2, 0) is 5.72 Å². The summed E-state index contributed by atoms with van der Waals surface area (Å²) in [6.07, 6.45) is 7.23. The van der Waals surface area contributed by atoms with E-state index in [-0.39, 0.29) is 6.90 Å². The molecular formula is C21H40N4O2. The highest BCUT2D eigenvalue weighted by atomic mass is 16.3. The maximum Gasteiger partial charge on any atom is 0.137 e. The molecule has 0 aliphatic rings. The Bertz CT molecular complexity index is 661. The number of hydrogen-bond donors (Lipinski definition) is 5. The van der Waals surface area contributed by atoms with Crippen LogP contribution in [-0.4, -0.2) is 17.6 Å². The van der Waals surface area contributed by atoms with Crippen LogP contribution in [0.3, 0.4) is 0 Å². The van der Waals surface area contributed by atoms with Crippen LogP contribution in [0.15, 0.2) is 66.0 Å². The fourth-order valence-electron chi connectivity index (χ4n) is 2.10. The van der Waals surface area contributed by atoms with Crippen LogP contribution in [0.25, 0.3) is 0 Å². The van der Waals surface area contributed by atoms with Gasteiger partial charge in [0.2, 0.25) is 0 Å². The summed E-state index contributed by atoms with van der Waals surface area (Å²) in [5.41, 5.74) is 25.1. The molecule has 1 rings (SSSR count). The minimum Gasteiger partial charge on any atom is -0.412 e. The summed E-state index contributed by atoms with van der Waals surface area (Å²) in [6, 6.07) is 5.82. The Kier molecular flexibility index (Phi) is 16.1. The molecule has 0 saturated carbocycles. The van der Waals surface area contributed by atoms with E-state index in [0.29, 0.717) is 5.70 Å². The number of aliphatic hydroxyl groups is 1. The summed E-state index contributed by atoms with van der Waals surface area (Å²) in [4.78, 5) is 0. The molecule has 11 N–H and O–H groups in total. The smallest absolute Gasteiger partial charge is 0.137 e. The summed E-state index contributed by atoms with van der Waals surface area (Å²) in [6.45, 7) is 13.0. The van der Waals surface area contributed by atoms with Gasteiger partial charge >= 0.3 is 0 Å². The molecule has 1 aromatic rings. The van der Waals surface area contributed by atoms with Crippen LogP contribution in [0.4, 0.5) is 0 Å². The van der Waals surface area contributed by atoms with Gasteiger partial charge in [-0.25, -0.2) is 0 Å². The van der Waals surface area contributed by atoms with Crippen molar-refractivity contribution in [2.24, 2.45) is 22.9 Å². The molecule has 6 nitrogen and oxygen atoms in total. The molecule has 27 heavy (non-hydrogen) atoms. The average molecular weight is 381 g/mol. The second kappa shape index (κ2) is 14.8. The Morgan fingerprint density at radius 2 is 1.78 bits per heavy atom. The predicted molar refractivity (Wildman–Crippen MR) is 120 cm³/mol.